The molecule has 1 aliphatic rings. The zero-order chi connectivity index (χ0) is 12.5. The summed E-state index contributed by atoms with van der Waals surface area (Å²) in [6, 6.07) is 7.13. The number of amides is 1. The fraction of sp³-hybridized carbons (Fsp3) is 0.308. The minimum absolute atomic E-state index is 0.126. The summed E-state index contributed by atoms with van der Waals surface area (Å²) in [6.45, 7) is 1.74. The van der Waals surface area contributed by atoms with E-state index in [1.165, 1.54) is 0 Å². The minimum atomic E-state index is -0.126. The number of aromatic amines is 1. The van der Waals surface area contributed by atoms with Gasteiger partial charge in [-0.3, -0.25) is 4.79 Å². The van der Waals surface area contributed by atoms with E-state index in [-0.39, 0.29) is 11.9 Å². The lowest BCUT2D eigenvalue weighted by Crippen LogP contribution is -2.37. The molecule has 0 bridgehead atoms. The van der Waals surface area contributed by atoms with E-state index in [0.717, 1.165) is 23.0 Å². The summed E-state index contributed by atoms with van der Waals surface area (Å²) < 4.78 is 5.66. The highest BCUT2D eigenvalue weighted by molar-refractivity contribution is 5.82. The van der Waals surface area contributed by atoms with Crippen LogP contribution in [0.25, 0.3) is 10.9 Å². The van der Waals surface area contributed by atoms with Gasteiger partial charge in [-0.2, -0.15) is 0 Å². The van der Waals surface area contributed by atoms with Gasteiger partial charge in [-0.1, -0.05) is 0 Å². The average molecular weight is 246 g/mol. The molecule has 94 valence electrons. The van der Waals surface area contributed by atoms with Crippen LogP contribution in [0.5, 0.6) is 5.75 Å². The Balaban J connectivity index is 1.91. The second-order valence-corrected chi connectivity index (χ2v) is 4.46. The lowest BCUT2D eigenvalue weighted by Gasteiger charge is -2.29. The molecule has 0 aliphatic carbocycles. The first-order chi connectivity index (χ1) is 8.76. The van der Waals surface area contributed by atoms with Crippen molar-refractivity contribution < 1.29 is 14.6 Å². The monoisotopic (exact) mass is 246 g/mol. The topological polar surface area (TPSA) is 65.6 Å². The molecule has 0 spiro atoms. The molecular formula is C13H14N2O3. The van der Waals surface area contributed by atoms with Crippen molar-refractivity contribution in [2.75, 3.05) is 19.7 Å². The van der Waals surface area contributed by atoms with Crippen molar-refractivity contribution in [3.05, 3.63) is 30.0 Å². The third-order valence-corrected chi connectivity index (χ3v) is 3.22. The minimum Gasteiger partial charge on any atom is -0.508 e. The number of carbonyl (C=O) groups excluding carboxylic acids is 1. The van der Waals surface area contributed by atoms with Crippen molar-refractivity contribution in [3.63, 3.8) is 0 Å². The van der Waals surface area contributed by atoms with Crippen LogP contribution in [0.2, 0.25) is 0 Å². The van der Waals surface area contributed by atoms with Gasteiger partial charge in [0.25, 0.3) is 0 Å². The van der Waals surface area contributed by atoms with Crippen molar-refractivity contribution >= 4 is 17.3 Å². The molecule has 5 heteroatoms. The molecule has 2 heterocycles. The predicted octanol–water partition coefficient (Wildman–Crippen LogP) is 1.40. The Hall–Kier alpha value is -2.01. The van der Waals surface area contributed by atoms with Crippen LogP contribution in [0.4, 0.5) is 0 Å². The molecule has 18 heavy (non-hydrogen) atoms. The predicted molar refractivity (Wildman–Crippen MR) is 66.3 cm³/mol. The van der Waals surface area contributed by atoms with E-state index in [1.54, 1.807) is 17.0 Å². The largest absolute Gasteiger partial charge is 0.508 e. The quantitative estimate of drug-likeness (QED) is 0.787. The lowest BCUT2D eigenvalue weighted by molar-refractivity contribution is -0.125. The first-order valence-corrected chi connectivity index (χ1v) is 5.89. The van der Waals surface area contributed by atoms with Crippen LogP contribution >= 0.6 is 0 Å². The van der Waals surface area contributed by atoms with Gasteiger partial charge in [0.2, 0.25) is 6.41 Å². The summed E-state index contributed by atoms with van der Waals surface area (Å²) in [4.78, 5) is 15.7. The first kappa shape index (κ1) is 11.1. The normalized spacial score (nSPS) is 20.2. The molecule has 2 aromatic rings. The van der Waals surface area contributed by atoms with Crippen molar-refractivity contribution in [3.8, 4) is 5.75 Å². The molecule has 1 atom stereocenters. The maximum atomic E-state index is 10.8. The molecule has 1 unspecified atom stereocenters. The van der Waals surface area contributed by atoms with E-state index in [2.05, 4.69) is 4.98 Å². The number of aromatic nitrogens is 1. The van der Waals surface area contributed by atoms with E-state index in [4.69, 9.17) is 4.74 Å². The number of hydrogen-bond donors (Lipinski definition) is 2. The van der Waals surface area contributed by atoms with Gasteiger partial charge >= 0.3 is 0 Å². The number of rotatable bonds is 2. The number of nitrogens with one attached hydrogen (secondary N) is 1. The molecule has 1 aromatic heterocycles. The zero-order valence-corrected chi connectivity index (χ0v) is 9.80. The standard InChI is InChI=1S/C13H14N2O3/c16-8-15-3-4-18-13(7-15)12-6-9-5-10(17)1-2-11(9)14-12/h1-2,5-6,8,13-14,17H,3-4,7H2. The van der Waals surface area contributed by atoms with Crippen LogP contribution in [0, 0.1) is 0 Å². The Morgan fingerprint density at radius 3 is 3.17 bits per heavy atom. The Morgan fingerprint density at radius 1 is 1.44 bits per heavy atom. The van der Waals surface area contributed by atoms with Crippen molar-refractivity contribution in [1.29, 1.82) is 0 Å². The van der Waals surface area contributed by atoms with E-state index < -0.39 is 0 Å². The number of morpholine rings is 1. The first-order valence-electron chi connectivity index (χ1n) is 5.89. The van der Waals surface area contributed by atoms with Crippen LogP contribution in [0.15, 0.2) is 24.3 Å². The number of phenols is 1. The van der Waals surface area contributed by atoms with Crippen LogP contribution in [0.1, 0.15) is 11.8 Å². The van der Waals surface area contributed by atoms with Gasteiger partial charge in [0.15, 0.2) is 0 Å². The number of nitrogens with zero attached hydrogens (tertiary/aromatic N) is 1. The average Bonchev–Trinajstić information content (AvgIpc) is 2.81. The molecule has 1 aromatic carbocycles. The lowest BCUT2D eigenvalue weighted by atomic mass is 10.2. The second-order valence-electron chi connectivity index (χ2n) is 4.46. The number of phenolic OH excluding ortho intramolecular Hbond substituents is 1. The van der Waals surface area contributed by atoms with E-state index >= 15 is 0 Å². The summed E-state index contributed by atoms with van der Waals surface area (Å²) in [6.07, 6.45) is 0.725. The number of benzene rings is 1. The van der Waals surface area contributed by atoms with Gasteiger partial charge in [-0.05, 0) is 24.3 Å². The van der Waals surface area contributed by atoms with Crippen LogP contribution in [0.3, 0.4) is 0 Å². The Kier molecular flexibility index (Phi) is 2.68. The van der Waals surface area contributed by atoms with Crippen molar-refractivity contribution in [2.24, 2.45) is 0 Å². The maximum absolute atomic E-state index is 10.8. The van der Waals surface area contributed by atoms with E-state index in [1.807, 2.05) is 12.1 Å². The number of ether oxygens (including phenoxy) is 1. The Bertz CT molecular complexity index is 579. The number of hydrogen-bond acceptors (Lipinski definition) is 3. The van der Waals surface area contributed by atoms with Gasteiger partial charge in [0.05, 0.1) is 13.2 Å². The molecule has 1 saturated heterocycles. The molecule has 2 N–H and O–H groups in total. The summed E-state index contributed by atoms with van der Waals surface area (Å²) in [5.41, 5.74) is 1.89. The fourth-order valence-corrected chi connectivity index (χ4v) is 2.27. The molecule has 0 radical (unpaired) electrons. The fourth-order valence-electron chi connectivity index (χ4n) is 2.27. The molecule has 1 aliphatic heterocycles. The number of fused-ring (bicyclic) bond motifs is 1. The summed E-state index contributed by atoms with van der Waals surface area (Å²) >= 11 is 0. The maximum Gasteiger partial charge on any atom is 0.209 e. The Morgan fingerprint density at radius 2 is 2.33 bits per heavy atom. The third kappa shape index (κ3) is 1.93. The number of carbonyl (C=O) groups is 1. The van der Waals surface area contributed by atoms with E-state index in [0.29, 0.717) is 19.7 Å². The van der Waals surface area contributed by atoms with Gasteiger partial charge in [-0.25, -0.2) is 0 Å². The van der Waals surface area contributed by atoms with Gasteiger partial charge < -0.3 is 19.7 Å². The second kappa shape index (κ2) is 4.34. The van der Waals surface area contributed by atoms with Crippen LogP contribution < -0.4 is 0 Å². The SMILES string of the molecule is O=CN1CCOC(c2cc3cc(O)ccc3[nH]2)C1. The molecule has 0 saturated carbocycles. The summed E-state index contributed by atoms with van der Waals surface area (Å²) in [7, 11) is 0. The van der Waals surface area contributed by atoms with Gasteiger partial charge in [0.1, 0.15) is 11.9 Å². The molecule has 1 fully saturated rings. The highest BCUT2D eigenvalue weighted by atomic mass is 16.5. The van der Waals surface area contributed by atoms with Gasteiger partial charge in [-0.15, -0.1) is 0 Å². The van der Waals surface area contributed by atoms with Crippen molar-refractivity contribution in [2.45, 2.75) is 6.10 Å². The zero-order valence-electron chi connectivity index (χ0n) is 9.80. The molecular weight excluding hydrogens is 232 g/mol. The number of H-pyrrole nitrogens is 1. The molecule has 3 rings (SSSR count). The highest BCUT2D eigenvalue weighted by Gasteiger charge is 2.22. The smallest absolute Gasteiger partial charge is 0.209 e. The molecule has 5 nitrogen and oxygen atoms in total. The van der Waals surface area contributed by atoms with E-state index in [9.17, 15) is 9.90 Å². The Labute approximate surface area is 104 Å². The van der Waals surface area contributed by atoms with Crippen LogP contribution in [-0.2, 0) is 9.53 Å². The van der Waals surface area contributed by atoms with Gasteiger partial charge in [0, 0.05) is 23.1 Å². The van der Waals surface area contributed by atoms with Crippen molar-refractivity contribution in [1.82, 2.24) is 9.88 Å². The van der Waals surface area contributed by atoms with Crippen LogP contribution in [-0.4, -0.2) is 41.1 Å². The summed E-state index contributed by atoms with van der Waals surface area (Å²) in [5, 5.41) is 10.4. The summed E-state index contributed by atoms with van der Waals surface area (Å²) in [5.74, 6) is 0.243. The third-order valence-electron chi connectivity index (χ3n) is 3.22. The molecule has 1 amide bonds. The number of aromatic hydroxyl groups is 1. The highest BCUT2D eigenvalue weighted by Crippen LogP contribution is 2.27.